The van der Waals surface area contributed by atoms with Gasteiger partial charge in [-0.1, -0.05) is 6.07 Å². The van der Waals surface area contributed by atoms with Gasteiger partial charge in [0.2, 0.25) is 11.8 Å². The minimum Gasteiger partial charge on any atom is -0.480 e. The Bertz CT molecular complexity index is 1200. The molecule has 0 saturated carbocycles. The quantitative estimate of drug-likeness (QED) is 0.497. The van der Waals surface area contributed by atoms with E-state index in [1.807, 2.05) is 39.1 Å². The summed E-state index contributed by atoms with van der Waals surface area (Å²) < 4.78 is 19.1. The van der Waals surface area contributed by atoms with Gasteiger partial charge in [-0.25, -0.2) is 14.4 Å². The number of anilines is 1. The molecule has 4 heterocycles. The predicted molar refractivity (Wildman–Crippen MR) is 114 cm³/mol. The Morgan fingerprint density at radius 1 is 1.13 bits per heavy atom. The van der Waals surface area contributed by atoms with Crippen LogP contribution >= 0.6 is 0 Å². The number of rotatable bonds is 6. The number of pyridine rings is 2. The molecule has 0 radical (unpaired) electrons. The highest BCUT2D eigenvalue weighted by Crippen LogP contribution is 2.29. The normalized spacial score (nSPS) is 11.3. The van der Waals surface area contributed by atoms with Crippen LogP contribution in [0.4, 0.5) is 10.3 Å². The zero-order valence-corrected chi connectivity index (χ0v) is 17.3. The molecule has 0 bridgehead atoms. The molecule has 0 aliphatic rings. The Morgan fingerprint density at radius 2 is 1.97 bits per heavy atom. The summed E-state index contributed by atoms with van der Waals surface area (Å²) in [7, 11) is 1.58. The van der Waals surface area contributed by atoms with Crippen LogP contribution in [0, 0.1) is 12.7 Å². The number of ether oxygens (including phenoxy) is 1. The minimum absolute atomic E-state index is 0.216. The van der Waals surface area contributed by atoms with Crippen molar-refractivity contribution < 1.29 is 9.13 Å². The maximum absolute atomic E-state index is 13.6. The molecule has 30 heavy (non-hydrogen) atoms. The molecule has 8 heteroatoms. The van der Waals surface area contributed by atoms with Crippen molar-refractivity contribution in [3.05, 3.63) is 59.4 Å². The molecule has 0 saturated heterocycles. The molecule has 7 nitrogen and oxygen atoms in total. The van der Waals surface area contributed by atoms with Gasteiger partial charge in [0.1, 0.15) is 11.5 Å². The summed E-state index contributed by atoms with van der Waals surface area (Å²) in [5.41, 5.74) is 5.01. The lowest BCUT2D eigenvalue weighted by molar-refractivity contribution is 0.399. The van der Waals surface area contributed by atoms with Crippen LogP contribution in [-0.2, 0) is 6.42 Å². The Kier molecular flexibility index (Phi) is 5.31. The van der Waals surface area contributed by atoms with Crippen LogP contribution in [0.1, 0.15) is 30.7 Å². The predicted octanol–water partition coefficient (Wildman–Crippen LogP) is 4.28. The highest BCUT2D eigenvalue weighted by atomic mass is 19.1. The minimum atomic E-state index is -0.351. The molecular weight excluding hydrogens is 383 g/mol. The van der Waals surface area contributed by atoms with Gasteiger partial charge in [-0.15, -0.1) is 0 Å². The number of hydrogen-bond donors (Lipinski definition) is 2. The van der Waals surface area contributed by atoms with Gasteiger partial charge >= 0.3 is 0 Å². The highest BCUT2D eigenvalue weighted by Gasteiger charge is 2.14. The van der Waals surface area contributed by atoms with E-state index in [-0.39, 0.29) is 11.9 Å². The number of nitrogens with zero attached hydrogens (tertiary/aromatic N) is 4. The summed E-state index contributed by atoms with van der Waals surface area (Å²) in [5, 5.41) is 3.94. The molecular formula is C22H23FN6O. The van der Waals surface area contributed by atoms with E-state index in [1.54, 1.807) is 13.3 Å². The van der Waals surface area contributed by atoms with Crippen molar-refractivity contribution in [3.8, 4) is 17.1 Å². The zero-order chi connectivity index (χ0) is 21.3. The largest absolute Gasteiger partial charge is 0.480 e. The van der Waals surface area contributed by atoms with Crippen LogP contribution in [0.15, 0.2) is 36.8 Å². The number of aromatic amines is 1. The molecule has 154 valence electrons. The number of fused-ring (bicyclic) bond motifs is 1. The smallest absolute Gasteiger partial charge is 0.227 e. The SMILES string of the molecule is COc1nc(NC(C)C)ncc1-c1ccc(Cc2c[nH]c3ncc(F)cc23)c(C)n1. The maximum Gasteiger partial charge on any atom is 0.227 e. The first kappa shape index (κ1) is 19.8. The van der Waals surface area contributed by atoms with Gasteiger partial charge in [-0.3, -0.25) is 4.98 Å². The van der Waals surface area contributed by atoms with E-state index >= 15 is 0 Å². The van der Waals surface area contributed by atoms with Crippen LogP contribution in [0.2, 0.25) is 0 Å². The van der Waals surface area contributed by atoms with Crippen molar-refractivity contribution in [2.24, 2.45) is 0 Å². The fourth-order valence-electron chi connectivity index (χ4n) is 3.34. The summed E-state index contributed by atoms with van der Waals surface area (Å²) in [6, 6.07) is 5.66. The third-order valence-corrected chi connectivity index (χ3v) is 4.80. The average molecular weight is 406 g/mol. The molecule has 0 unspecified atom stereocenters. The molecule has 0 atom stereocenters. The molecule has 4 aromatic heterocycles. The van der Waals surface area contributed by atoms with Gasteiger partial charge in [0.05, 0.1) is 24.6 Å². The van der Waals surface area contributed by atoms with Gasteiger partial charge in [0.15, 0.2) is 0 Å². The molecule has 0 aromatic carbocycles. The molecule has 0 fully saturated rings. The number of aromatic nitrogens is 5. The number of H-pyrrole nitrogens is 1. The molecule has 0 spiro atoms. The molecule has 2 N–H and O–H groups in total. The second-order valence-electron chi connectivity index (χ2n) is 7.40. The summed E-state index contributed by atoms with van der Waals surface area (Å²) in [6.07, 6.45) is 5.41. The van der Waals surface area contributed by atoms with Gasteiger partial charge in [-0.2, -0.15) is 4.98 Å². The van der Waals surface area contributed by atoms with E-state index in [0.29, 0.717) is 23.9 Å². The van der Waals surface area contributed by atoms with Crippen molar-refractivity contribution in [2.45, 2.75) is 33.2 Å². The standard InChI is InChI=1S/C22H23FN6O/c1-12(2)27-22-26-11-18(21(29-22)30-4)19-6-5-14(13(3)28-19)7-15-9-24-20-17(15)8-16(23)10-25-20/h5-6,8-12H,7H2,1-4H3,(H,24,25)(H,26,27,29). The first-order chi connectivity index (χ1) is 14.4. The number of nitrogens with one attached hydrogen (secondary N) is 2. The lowest BCUT2D eigenvalue weighted by atomic mass is 10.0. The topological polar surface area (TPSA) is 88.6 Å². The van der Waals surface area contributed by atoms with Crippen LogP contribution in [0.5, 0.6) is 5.88 Å². The van der Waals surface area contributed by atoms with Crippen molar-refractivity contribution >= 4 is 17.0 Å². The Labute approximate surface area is 173 Å². The van der Waals surface area contributed by atoms with Gasteiger partial charge in [-0.05, 0) is 44.0 Å². The monoisotopic (exact) mass is 406 g/mol. The fourth-order valence-corrected chi connectivity index (χ4v) is 3.34. The van der Waals surface area contributed by atoms with Gasteiger partial charge in [0, 0.05) is 35.9 Å². The van der Waals surface area contributed by atoms with E-state index in [4.69, 9.17) is 9.72 Å². The first-order valence-electron chi connectivity index (χ1n) is 9.70. The summed E-state index contributed by atoms with van der Waals surface area (Å²) in [4.78, 5) is 20.7. The Balaban J connectivity index is 1.64. The van der Waals surface area contributed by atoms with Crippen LogP contribution in [0.25, 0.3) is 22.3 Å². The third-order valence-electron chi connectivity index (χ3n) is 4.80. The summed E-state index contributed by atoms with van der Waals surface area (Å²) in [5.74, 6) is 0.626. The lowest BCUT2D eigenvalue weighted by Gasteiger charge is -2.13. The van der Waals surface area contributed by atoms with Crippen molar-refractivity contribution in [3.63, 3.8) is 0 Å². The average Bonchev–Trinajstić information content (AvgIpc) is 3.11. The number of methoxy groups -OCH3 is 1. The number of halogens is 1. The summed E-state index contributed by atoms with van der Waals surface area (Å²) >= 11 is 0. The number of hydrogen-bond acceptors (Lipinski definition) is 6. The van der Waals surface area contributed by atoms with E-state index < -0.39 is 0 Å². The van der Waals surface area contributed by atoms with Crippen LogP contribution < -0.4 is 10.1 Å². The van der Waals surface area contributed by atoms with E-state index in [9.17, 15) is 4.39 Å². The molecule has 0 aliphatic heterocycles. The molecule has 0 amide bonds. The zero-order valence-electron chi connectivity index (χ0n) is 17.3. The second kappa shape index (κ2) is 8.06. The van der Waals surface area contributed by atoms with E-state index in [1.165, 1.54) is 12.3 Å². The van der Waals surface area contributed by atoms with E-state index in [2.05, 4.69) is 25.3 Å². The third kappa shape index (κ3) is 3.94. The van der Waals surface area contributed by atoms with Crippen molar-refractivity contribution in [2.75, 3.05) is 12.4 Å². The molecule has 0 aliphatic carbocycles. The maximum atomic E-state index is 13.6. The highest BCUT2D eigenvalue weighted by molar-refractivity contribution is 5.80. The summed E-state index contributed by atoms with van der Waals surface area (Å²) in [6.45, 7) is 5.99. The lowest BCUT2D eigenvalue weighted by Crippen LogP contribution is -2.13. The van der Waals surface area contributed by atoms with E-state index in [0.717, 1.165) is 33.5 Å². The second-order valence-corrected chi connectivity index (χ2v) is 7.40. The number of aryl methyl sites for hydroxylation is 1. The van der Waals surface area contributed by atoms with Gasteiger partial charge < -0.3 is 15.0 Å². The van der Waals surface area contributed by atoms with Crippen molar-refractivity contribution in [1.82, 2.24) is 24.9 Å². The first-order valence-corrected chi connectivity index (χ1v) is 9.70. The Hall–Kier alpha value is -3.55. The fraction of sp³-hybridized carbons (Fsp3) is 0.273. The molecule has 4 rings (SSSR count). The van der Waals surface area contributed by atoms with Crippen LogP contribution in [0.3, 0.4) is 0 Å². The van der Waals surface area contributed by atoms with Gasteiger partial charge in [0.25, 0.3) is 0 Å². The Morgan fingerprint density at radius 3 is 2.70 bits per heavy atom. The van der Waals surface area contributed by atoms with Crippen LogP contribution in [-0.4, -0.2) is 38.1 Å². The van der Waals surface area contributed by atoms with Crippen molar-refractivity contribution in [1.29, 1.82) is 0 Å². The molecule has 4 aromatic rings.